The van der Waals surface area contributed by atoms with Crippen LogP contribution in [-0.2, 0) is 22.6 Å². The van der Waals surface area contributed by atoms with E-state index in [0.29, 0.717) is 18.8 Å². The van der Waals surface area contributed by atoms with Crippen molar-refractivity contribution in [2.24, 2.45) is 0 Å². The second-order valence-corrected chi connectivity index (χ2v) is 8.17. The summed E-state index contributed by atoms with van der Waals surface area (Å²) < 4.78 is 6.67. The van der Waals surface area contributed by atoms with Crippen LogP contribution in [0, 0.1) is 0 Å². The maximum absolute atomic E-state index is 13.0. The number of amides is 2. The molecule has 1 N–H and O–H groups in total. The fraction of sp³-hybridized carbons (Fsp3) is 0.417. The minimum Gasteiger partial charge on any atom is -0.484 e. The first-order chi connectivity index (χ1) is 14.4. The van der Waals surface area contributed by atoms with E-state index in [4.69, 9.17) is 4.74 Å². The summed E-state index contributed by atoms with van der Waals surface area (Å²) in [5.74, 6) is 0.265. The third-order valence-electron chi connectivity index (χ3n) is 4.96. The van der Waals surface area contributed by atoms with Gasteiger partial charge in [-0.2, -0.15) is 0 Å². The Kier molecular flexibility index (Phi) is 9.87. The highest BCUT2D eigenvalue weighted by Crippen LogP contribution is 2.16. The van der Waals surface area contributed by atoms with Crippen molar-refractivity contribution in [3.05, 3.63) is 64.1 Å². The smallest absolute Gasteiger partial charge is 0.261 e. The number of hydrogen-bond acceptors (Lipinski definition) is 3. The average Bonchev–Trinajstić information content (AvgIpc) is 2.77. The van der Waals surface area contributed by atoms with E-state index in [1.54, 1.807) is 11.8 Å². The van der Waals surface area contributed by atoms with Crippen molar-refractivity contribution in [2.75, 3.05) is 13.2 Å². The van der Waals surface area contributed by atoms with E-state index >= 15 is 0 Å². The van der Waals surface area contributed by atoms with Crippen molar-refractivity contribution in [2.45, 2.75) is 52.6 Å². The molecule has 0 aromatic heterocycles. The quantitative estimate of drug-likeness (QED) is 0.479. The Morgan fingerprint density at radius 1 is 1.03 bits per heavy atom. The summed E-state index contributed by atoms with van der Waals surface area (Å²) in [5.41, 5.74) is 2.16. The first kappa shape index (κ1) is 23.9. The van der Waals surface area contributed by atoms with Gasteiger partial charge in [-0.1, -0.05) is 60.5 Å². The highest BCUT2D eigenvalue weighted by molar-refractivity contribution is 9.10. The maximum Gasteiger partial charge on any atom is 0.261 e. The van der Waals surface area contributed by atoms with Crippen LogP contribution in [0.3, 0.4) is 0 Å². The molecular weight excluding hydrogens is 444 g/mol. The molecule has 0 aliphatic rings. The molecule has 0 bridgehead atoms. The number of carbonyl (C=O) groups is 2. The van der Waals surface area contributed by atoms with E-state index in [1.807, 2.05) is 48.5 Å². The summed E-state index contributed by atoms with van der Waals surface area (Å²) >= 11 is 3.42. The van der Waals surface area contributed by atoms with Crippen LogP contribution in [0.5, 0.6) is 5.75 Å². The van der Waals surface area contributed by atoms with Gasteiger partial charge in [-0.3, -0.25) is 9.59 Å². The SMILES string of the molecule is CCCCNC(=O)[C@H](C)N(Cc1ccc(Br)cc1)C(=O)COc1ccc(CC)cc1. The zero-order valence-corrected chi connectivity index (χ0v) is 19.6. The van der Waals surface area contributed by atoms with Gasteiger partial charge in [0, 0.05) is 17.6 Å². The molecule has 2 rings (SSSR count). The first-order valence-corrected chi connectivity index (χ1v) is 11.3. The van der Waals surface area contributed by atoms with Crippen molar-refractivity contribution in [3.63, 3.8) is 0 Å². The summed E-state index contributed by atoms with van der Waals surface area (Å²) in [6, 6.07) is 14.9. The van der Waals surface area contributed by atoms with Crippen LogP contribution >= 0.6 is 15.9 Å². The number of ether oxygens (including phenoxy) is 1. The van der Waals surface area contributed by atoms with Gasteiger partial charge in [0.2, 0.25) is 5.91 Å². The molecule has 0 aliphatic heterocycles. The van der Waals surface area contributed by atoms with E-state index in [-0.39, 0.29) is 18.4 Å². The maximum atomic E-state index is 13.0. The Labute approximate surface area is 187 Å². The van der Waals surface area contributed by atoms with Gasteiger partial charge in [-0.05, 0) is 55.2 Å². The van der Waals surface area contributed by atoms with Gasteiger partial charge in [0.15, 0.2) is 6.61 Å². The minimum atomic E-state index is -0.593. The average molecular weight is 475 g/mol. The van der Waals surface area contributed by atoms with Crippen LogP contribution in [0.25, 0.3) is 0 Å². The van der Waals surface area contributed by atoms with Crippen LogP contribution < -0.4 is 10.1 Å². The molecule has 0 aliphatic carbocycles. The van der Waals surface area contributed by atoms with Crippen LogP contribution in [0.4, 0.5) is 0 Å². The van der Waals surface area contributed by atoms with Gasteiger partial charge in [0.25, 0.3) is 5.91 Å². The van der Waals surface area contributed by atoms with Crippen molar-refractivity contribution in [3.8, 4) is 5.75 Å². The second-order valence-electron chi connectivity index (χ2n) is 7.25. The summed E-state index contributed by atoms with van der Waals surface area (Å²) in [4.78, 5) is 27.2. The lowest BCUT2D eigenvalue weighted by molar-refractivity contribution is -0.142. The molecule has 5 nitrogen and oxygen atoms in total. The van der Waals surface area contributed by atoms with E-state index in [0.717, 1.165) is 29.3 Å². The third kappa shape index (κ3) is 7.48. The number of nitrogens with zero attached hydrogens (tertiary/aromatic N) is 1. The molecule has 0 fully saturated rings. The highest BCUT2D eigenvalue weighted by Gasteiger charge is 2.26. The van der Waals surface area contributed by atoms with Gasteiger partial charge < -0.3 is 15.0 Å². The molecule has 0 saturated carbocycles. The van der Waals surface area contributed by atoms with Crippen LogP contribution in [0.2, 0.25) is 0 Å². The second kappa shape index (κ2) is 12.4. The Morgan fingerprint density at radius 2 is 1.67 bits per heavy atom. The number of nitrogens with one attached hydrogen (secondary N) is 1. The van der Waals surface area contributed by atoms with Crippen molar-refractivity contribution in [1.82, 2.24) is 10.2 Å². The fourth-order valence-electron chi connectivity index (χ4n) is 2.95. The lowest BCUT2D eigenvalue weighted by atomic mass is 10.1. The molecule has 1 atom stereocenters. The highest BCUT2D eigenvalue weighted by atomic mass is 79.9. The van der Waals surface area contributed by atoms with Crippen LogP contribution in [0.1, 0.15) is 44.7 Å². The van der Waals surface area contributed by atoms with Crippen LogP contribution in [-0.4, -0.2) is 35.9 Å². The van der Waals surface area contributed by atoms with Crippen molar-refractivity contribution < 1.29 is 14.3 Å². The van der Waals surface area contributed by atoms with E-state index in [2.05, 4.69) is 35.1 Å². The van der Waals surface area contributed by atoms with E-state index < -0.39 is 6.04 Å². The molecule has 0 unspecified atom stereocenters. The van der Waals surface area contributed by atoms with Crippen LogP contribution in [0.15, 0.2) is 53.0 Å². The summed E-state index contributed by atoms with van der Waals surface area (Å²) in [6.45, 7) is 6.76. The third-order valence-corrected chi connectivity index (χ3v) is 5.49. The van der Waals surface area contributed by atoms with Crippen molar-refractivity contribution in [1.29, 1.82) is 0 Å². The number of benzene rings is 2. The summed E-state index contributed by atoms with van der Waals surface area (Å²) in [6.07, 6.45) is 2.86. The number of unbranched alkanes of at least 4 members (excludes halogenated alkanes) is 1. The molecule has 162 valence electrons. The predicted octanol–water partition coefficient (Wildman–Crippen LogP) is 4.72. The number of hydrogen-bond donors (Lipinski definition) is 1. The van der Waals surface area contributed by atoms with Gasteiger partial charge >= 0.3 is 0 Å². The lowest BCUT2D eigenvalue weighted by Gasteiger charge is -2.28. The van der Waals surface area contributed by atoms with Gasteiger partial charge in [0.05, 0.1) is 0 Å². The fourth-order valence-corrected chi connectivity index (χ4v) is 3.22. The Hall–Kier alpha value is -2.34. The van der Waals surface area contributed by atoms with Gasteiger partial charge in [-0.25, -0.2) is 0 Å². The molecule has 30 heavy (non-hydrogen) atoms. The lowest BCUT2D eigenvalue weighted by Crippen LogP contribution is -2.49. The van der Waals surface area contributed by atoms with E-state index in [1.165, 1.54) is 5.56 Å². The van der Waals surface area contributed by atoms with Gasteiger partial charge in [-0.15, -0.1) is 0 Å². The minimum absolute atomic E-state index is 0.116. The number of carbonyl (C=O) groups excluding carboxylic acids is 2. The molecular formula is C24H31BrN2O3. The predicted molar refractivity (Wildman–Crippen MR) is 123 cm³/mol. The zero-order chi connectivity index (χ0) is 21.9. The number of aryl methyl sites for hydroxylation is 1. The standard InChI is InChI=1S/C24H31BrN2O3/c1-4-6-15-26-24(29)18(3)27(16-20-7-11-21(25)12-8-20)23(28)17-30-22-13-9-19(5-2)10-14-22/h7-14,18H,4-6,15-17H2,1-3H3,(H,26,29)/t18-/m0/s1. The molecule has 2 amide bonds. The number of halogens is 1. The Morgan fingerprint density at radius 3 is 2.27 bits per heavy atom. The monoisotopic (exact) mass is 474 g/mol. The molecule has 0 radical (unpaired) electrons. The molecule has 0 heterocycles. The molecule has 0 saturated heterocycles. The van der Waals surface area contributed by atoms with Crippen molar-refractivity contribution >= 4 is 27.7 Å². The molecule has 6 heteroatoms. The summed E-state index contributed by atoms with van der Waals surface area (Å²) in [5, 5.41) is 2.92. The summed E-state index contributed by atoms with van der Waals surface area (Å²) in [7, 11) is 0. The van der Waals surface area contributed by atoms with E-state index in [9.17, 15) is 9.59 Å². The Bertz CT molecular complexity index is 806. The zero-order valence-electron chi connectivity index (χ0n) is 18.0. The normalized spacial score (nSPS) is 11.6. The first-order valence-electron chi connectivity index (χ1n) is 10.5. The Balaban J connectivity index is 2.08. The molecule has 0 spiro atoms. The largest absolute Gasteiger partial charge is 0.484 e. The van der Waals surface area contributed by atoms with Gasteiger partial charge in [0.1, 0.15) is 11.8 Å². The number of rotatable bonds is 11. The topological polar surface area (TPSA) is 58.6 Å². The molecule has 2 aromatic rings. The molecule has 2 aromatic carbocycles.